The monoisotopic (exact) mass is 749 g/mol. The van der Waals surface area contributed by atoms with Crippen molar-refractivity contribution in [1.29, 1.82) is 5.26 Å². The number of quaternary nitrogens is 2. The lowest BCUT2D eigenvalue weighted by Gasteiger charge is -2.30. The molecule has 0 saturated carbocycles. The first-order valence-corrected chi connectivity index (χ1v) is 20.0. The number of aryl methyl sites for hydroxylation is 2. The van der Waals surface area contributed by atoms with Crippen LogP contribution in [-0.4, -0.2) is 135 Å². The van der Waals surface area contributed by atoms with Crippen LogP contribution in [0, 0.1) is 38.7 Å². The summed E-state index contributed by atoms with van der Waals surface area (Å²) in [6.45, 7) is 23.5. The van der Waals surface area contributed by atoms with Gasteiger partial charge in [0.25, 0.3) is 10.1 Å². The molecule has 0 unspecified atom stereocenters. The highest BCUT2D eigenvalue weighted by Crippen LogP contribution is 2.42. The van der Waals surface area contributed by atoms with Crippen LogP contribution in [-0.2, 0) is 24.3 Å². The Morgan fingerprint density at radius 3 is 2.00 bits per heavy atom. The Hall–Kier alpha value is -2.99. The van der Waals surface area contributed by atoms with Crippen LogP contribution in [0.5, 0.6) is 0 Å². The van der Waals surface area contributed by atoms with E-state index in [1.165, 1.54) is 24.2 Å². The maximum absolute atomic E-state index is 11.0. The third-order valence-corrected chi connectivity index (χ3v) is 10.6. The van der Waals surface area contributed by atoms with Gasteiger partial charge in [-0.3, -0.25) is 4.55 Å². The second-order valence-electron chi connectivity index (χ2n) is 14.1. The Bertz CT molecular complexity index is 1610. The number of thiophene rings is 1. The molecule has 15 heteroatoms. The van der Waals surface area contributed by atoms with E-state index in [4.69, 9.17) is 25.3 Å². The number of hydrogen-bond acceptors (Lipinski definition) is 10. The number of hydrogen-bond donors (Lipinski definition) is 1. The number of nitrogens with zero attached hydrogens (tertiary/aromatic N) is 7. The summed E-state index contributed by atoms with van der Waals surface area (Å²) in [5.74, 6) is -0.233. The van der Waals surface area contributed by atoms with Crippen LogP contribution < -0.4 is 4.90 Å². The van der Waals surface area contributed by atoms with Gasteiger partial charge in [0.1, 0.15) is 24.2 Å². The predicted molar refractivity (Wildman–Crippen MR) is 204 cm³/mol. The lowest BCUT2D eigenvalue weighted by atomic mass is 10.1. The fourth-order valence-corrected chi connectivity index (χ4v) is 6.72. The summed E-state index contributed by atoms with van der Waals surface area (Å²) in [6.07, 6.45) is 2.77. The largest absolute Gasteiger partial charge is 0.377 e. The molecule has 284 valence electrons. The molecule has 0 spiro atoms. The van der Waals surface area contributed by atoms with Crippen LogP contribution in [0.2, 0.25) is 0 Å². The van der Waals surface area contributed by atoms with Crippen molar-refractivity contribution in [3.63, 3.8) is 0 Å². The molecular formula is C36H59N7O6S2+2. The number of ether oxygens (including phenoxy) is 3. The van der Waals surface area contributed by atoms with E-state index in [2.05, 4.69) is 53.1 Å². The second kappa shape index (κ2) is 21.5. The van der Waals surface area contributed by atoms with E-state index < -0.39 is 10.1 Å². The van der Waals surface area contributed by atoms with Gasteiger partial charge in [0.2, 0.25) is 5.69 Å². The standard InChI is InChI=1S/C36H58N7O6S2/c1-10-11-15-42(6,7)17-21-47-19-13-41(14-20-48-23-24-49-22-18-43(8,9)16-12-25-51(44,45)46)33-27-29(2)32(26-30(33)3)39-40-36-35(38-5)31(4)34(28-37)50-36/h26-27H,10-25H2,1-4,6-9H3/q+1/p+1. The molecule has 13 nitrogen and oxygen atoms in total. The van der Waals surface area contributed by atoms with Crippen LogP contribution in [0.15, 0.2) is 22.4 Å². The molecular weight excluding hydrogens is 691 g/mol. The maximum atomic E-state index is 11.0. The number of anilines is 1. The van der Waals surface area contributed by atoms with Crippen molar-refractivity contribution >= 4 is 43.5 Å². The molecule has 0 radical (unpaired) electrons. The molecule has 1 aromatic carbocycles. The molecule has 0 fully saturated rings. The summed E-state index contributed by atoms with van der Waals surface area (Å²) in [7, 11) is 4.57. The van der Waals surface area contributed by atoms with Gasteiger partial charge in [-0.05, 0) is 56.0 Å². The second-order valence-corrected chi connectivity index (χ2v) is 16.7. The highest BCUT2D eigenvalue weighted by atomic mass is 32.2. The molecule has 1 N–H and O–H groups in total. The Morgan fingerprint density at radius 2 is 1.45 bits per heavy atom. The highest BCUT2D eigenvalue weighted by molar-refractivity contribution is 7.85. The van der Waals surface area contributed by atoms with E-state index in [9.17, 15) is 13.7 Å². The number of nitriles is 1. The maximum Gasteiger partial charge on any atom is 0.265 e. The summed E-state index contributed by atoms with van der Waals surface area (Å²) in [4.78, 5) is 6.32. The molecule has 1 heterocycles. The Balaban J connectivity index is 2.01. The summed E-state index contributed by atoms with van der Waals surface area (Å²) in [6, 6.07) is 6.23. The lowest BCUT2D eigenvalue weighted by Crippen LogP contribution is -2.43. The van der Waals surface area contributed by atoms with Crippen molar-refractivity contribution in [2.24, 2.45) is 10.2 Å². The van der Waals surface area contributed by atoms with Crippen molar-refractivity contribution in [1.82, 2.24) is 0 Å². The minimum absolute atomic E-state index is 0.233. The van der Waals surface area contributed by atoms with Crippen LogP contribution in [0.25, 0.3) is 4.85 Å². The van der Waals surface area contributed by atoms with E-state index in [0.29, 0.717) is 97.0 Å². The van der Waals surface area contributed by atoms with Crippen molar-refractivity contribution < 1.29 is 36.1 Å². The highest BCUT2D eigenvalue weighted by Gasteiger charge is 2.18. The molecule has 51 heavy (non-hydrogen) atoms. The molecule has 1 aromatic heterocycles. The van der Waals surface area contributed by atoms with Gasteiger partial charge < -0.3 is 28.1 Å². The lowest BCUT2D eigenvalue weighted by molar-refractivity contribution is -0.890. The number of azo groups is 1. The van der Waals surface area contributed by atoms with Gasteiger partial charge in [-0.15, -0.1) is 11.3 Å². The first kappa shape index (κ1) is 44.2. The average Bonchev–Trinajstić information content (AvgIpc) is 3.37. The Kier molecular flexibility index (Phi) is 18.6. The molecule has 2 rings (SSSR count). The summed E-state index contributed by atoms with van der Waals surface area (Å²) >= 11 is 1.18. The van der Waals surface area contributed by atoms with Crippen molar-refractivity contribution in [3.05, 3.63) is 45.1 Å². The molecule has 0 amide bonds. The Morgan fingerprint density at radius 1 is 0.882 bits per heavy atom. The van der Waals surface area contributed by atoms with E-state index >= 15 is 0 Å². The first-order valence-electron chi connectivity index (χ1n) is 17.5. The SMILES string of the molecule is [C-]#[N+]c1c(N=Nc2cc(C)c(N(CCOCCOCC[N+](C)(C)CCCS(=O)(=O)O)CCOCC[N+](C)(C)CCCC)cc2C)sc(C#N)c1C. The minimum Gasteiger partial charge on any atom is -0.377 e. The number of benzene rings is 1. The van der Waals surface area contributed by atoms with Crippen LogP contribution in [0.4, 0.5) is 22.1 Å². The van der Waals surface area contributed by atoms with Gasteiger partial charge >= 0.3 is 0 Å². The van der Waals surface area contributed by atoms with Gasteiger partial charge in [0, 0.05) is 25.2 Å². The summed E-state index contributed by atoms with van der Waals surface area (Å²) in [5, 5.41) is 18.7. The topological polar surface area (TPSA) is 138 Å². The van der Waals surface area contributed by atoms with E-state index in [-0.39, 0.29) is 5.75 Å². The zero-order valence-corrected chi connectivity index (χ0v) is 33.5. The van der Waals surface area contributed by atoms with Gasteiger partial charge in [0.05, 0.1) is 104 Å². The van der Waals surface area contributed by atoms with Gasteiger partial charge in [-0.25, -0.2) is 4.85 Å². The molecule has 0 aliphatic heterocycles. The van der Waals surface area contributed by atoms with Crippen LogP contribution in [0.1, 0.15) is 47.8 Å². The summed E-state index contributed by atoms with van der Waals surface area (Å²) in [5.41, 5.74) is 4.73. The molecule has 0 atom stereocenters. The van der Waals surface area contributed by atoms with E-state index in [0.717, 1.165) is 40.9 Å². The molecule has 0 saturated heterocycles. The van der Waals surface area contributed by atoms with E-state index in [1.54, 1.807) is 6.92 Å². The molecule has 2 aromatic rings. The molecule has 0 aliphatic rings. The van der Waals surface area contributed by atoms with Crippen LogP contribution in [0.3, 0.4) is 0 Å². The zero-order chi connectivity index (χ0) is 38.1. The third kappa shape index (κ3) is 16.5. The van der Waals surface area contributed by atoms with Gasteiger partial charge in [-0.1, -0.05) is 13.3 Å². The van der Waals surface area contributed by atoms with Gasteiger partial charge in [-0.2, -0.15) is 23.9 Å². The molecule has 0 bridgehead atoms. The number of likely N-dealkylation sites (N-methyl/N-ethyl adjacent to an activating group) is 2. The fraction of sp³-hybridized carbons (Fsp3) is 0.667. The number of unbranched alkanes of at least 4 members (excludes halogenated alkanes) is 1. The number of rotatable bonds is 25. The van der Waals surface area contributed by atoms with Crippen LogP contribution >= 0.6 is 11.3 Å². The summed E-state index contributed by atoms with van der Waals surface area (Å²) < 4.78 is 50.4. The van der Waals surface area contributed by atoms with Crippen molar-refractivity contribution in [3.8, 4) is 6.07 Å². The van der Waals surface area contributed by atoms with E-state index in [1.807, 2.05) is 34.0 Å². The molecule has 0 aliphatic carbocycles. The minimum atomic E-state index is -3.94. The van der Waals surface area contributed by atoms with Gasteiger partial charge in [0.15, 0.2) is 0 Å². The predicted octanol–water partition coefficient (Wildman–Crippen LogP) is 6.60. The van der Waals surface area contributed by atoms with Crippen molar-refractivity contribution in [2.75, 3.05) is 118 Å². The Labute approximate surface area is 310 Å². The first-order chi connectivity index (χ1) is 24.0. The smallest absolute Gasteiger partial charge is 0.265 e. The normalized spacial score (nSPS) is 12.4. The third-order valence-electron chi connectivity index (χ3n) is 8.76. The average molecular weight is 750 g/mol. The zero-order valence-electron chi connectivity index (χ0n) is 31.9. The van der Waals surface area contributed by atoms with Crippen molar-refractivity contribution in [2.45, 2.75) is 47.0 Å². The fourth-order valence-electron chi connectivity index (χ4n) is 5.36. The quantitative estimate of drug-likeness (QED) is 0.0394.